The number of nitrogen functional groups attached to an aromatic ring is 1. The second-order valence-corrected chi connectivity index (χ2v) is 5.36. The van der Waals surface area contributed by atoms with E-state index in [1.165, 1.54) is 12.1 Å². The summed E-state index contributed by atoms with van der Waals surface area (Å²) in [6, 6.07) is 12.0. The molecule has 4 nitrogen and oxygen atoms in total. The van der Waals surface area contributed by atoms with Crippen LogP contribution >= 0.6 is 22.6 Å². The quantitative estimate of drug-likeness (QED) is 0.666. The van der Waals surface area contributed by atoms with Crippen LogP contribution in [0, 0.1) is 9.39 Å². The van der Waals surface area contributed by atoms with Crippen LogP contribution in [0.2, 0.25) is 0 Å². The molecule has 0 amide bonds. The lowest BCUT2D eigenvalue weighted by atomic mass is 10.3. The number of para-hydroxylation sites is 2. The maximum Gasteiger partial charge on any atom is 0.174 e. The number of nitrogens with one attached hydrogen (secondary N) is 1. The van der Waals surface area contributed by atoms with Crippen LogP contribution in [0.1, 0.15) is 0 Å². The van der Waals surface area contributed by atoms with E-state index in [9.17, 15) is 4.39 Å². The van der Waals surface area contributed by atoms with Crippen molar-refractivity contribution in [1.82, 2.24) is 9.97 Å². The molecule has 0 saturated carbocycles. The van der Waals surface area contributed by atoms with Gasteiger partial charge in [-0.05, 0) is 52.9 Å². The van der Waals surface area contributed by atoms with Crippen molar-refractivity contribution in [2.75, 3.05) is 11.1 Å². The Morgan fingerprint density at radius 2 is 1.75 bits per heavy atom. The summed E-state index contributed by atoms with van der Waals surface area (Å²) in [5.41, 5.74) is 8.13. The van der Waals surface area contributed by atoms with Gasteiger partial charge in [0.05, 0.1) is 16.7 Å². The lowest BCUT2D eigenvalue weighted by Gasteiger charge is -2.10. The summed E-state index contributed by atoms with van der Waals surface area (Å²) in [5, 5.41) is 3.09. The minimum absolute atomic E-state index is 0.280. The van der Waals surface area contributed by atoms with E-state index in [0.29, 0.717) is 11.6 Å². The third kappa shape index (κ3) is 2.51. The van der Waals surface area contributed by atoms with Crippen LogP contribution in [-0.2, 0) is 0 Å². The number of anilines is 3. The molecule has 20 heavy (non-hydrogen) atoms. The van der Waals surface area contributed by atoms with Gasteiger partial charge < -0.3 is 11.1 Å². The molecule has 3 aromatic rings. The summed E-state index contributed by atoms with van der Waals surface area (Å²) in [6.45, 7) is 0. The van der Waals surface area contributed by atoms with Gasteiger partial charge in [-0.2, -0.15) is 0 Å². The number of rotatable bonds is 2. The van der Waals surface area contributed by atoms with E-state index >= 15 is 0 Å². The Morgan fingerprint density at radius 3 is 2.45 bits per heavy atom. The summed E-state index contributed by atoms with van der Waals surface area (Å²) < 4.78 is 13.8. The smallest absolute Gasteiger partial charge is 0.174 e. The molecule has 0 aliphatic heterocycles. The van der Waals surface area contributed by atoms with Gasteiger partial charge in [-0.15, -0.1) is 0 Å². The highest BCUT2D eigenvalue weighted by atomic mass is 127. The molecule has 0 saturated heterocycles. The highest BCUT2D eigenvalue weighted by Gasteiger charge is 2.08. The molecule has 0 aliphatic rings. The zero-order valence-corrected chi connectivity index (χ0v) is 12.4. The molecule has 3 N–H and O–H groups in total. The van der Waals surface area contributed by atoms with Crippen LogP contribution in [0.25, 0.3) is 11.0 Å². The minimum Gasteiger partial charge on any atom is -0.381 e. The van der Waals surface area contributed by atoms with Crippen molar-refractivity contribution in [3.05, 3.63) is 51.9 Å². The number of fused-ring (bicyclic) bond motifs is 1. The van der Waals surface area contributed by atoms with Crippen molar-refractivity contribution in [2.45, 2.75) is 0 Å². The molecule has 0 radical (unpaired) electrons. The highest BCUT2D eigenvalue weighted by molar-refractivity contribution is 14.1. The third-order valence-electron chi connectivity index (χ3n) is 2.78. The predicted octanol–water partition coefficient (Wildman–Crippen LogP) is 3.70. The Labute approximate surface area is 128 Å². The minimum atomic E-state index is -0.280. The van der Waals surface area contributed by atoms with Gasteiger partial charge in [0.2, 0.25) is 0 Å². The Morgan fingerprint density at radius 1 is 1.05 bits per heavy atom. The van der Waals surface area contributed by atoms with Crippen LogP contribution in [0.3, 0.4) is 0 Å². The number of hydrogen-bond acceptors (Lipinski definition) is 4. The Bertz CT molecular complexity index is 791. The van der Waals surface area contributed by atoms with Crippen molar-refractivity contribution >= 4 is 50.9 Å². The summed E-state index contributed by atoms with van der Waals surface area (Å²) in [5.74, 6) is 0.495. The molecule has 0 unspecified atom stereocenters. The van der Waals surface area contributed by atoms with Gasteiger partial charge in [0.25, 0.3) is 0 Å². The Balaban J connectivity index is 2.03. The lowest BCUT2D eigenvalue weighted by Crippen LogP contribution is -2.03. The van der Waals surface area contributed by atoms with E-state index in [2.05, 4.69) is 37.9 Å². The van der Waals surface area contributed by atoms with Gasteiger partial charge in [0.1, 0.15) is 5.82 Å². The number of hydrogen-bond donors (Lipinski definition) is 2. The van der Waals surface area contributed by atoms with Crippen LogP contribution in [0.4, 0.5) is 21.7 Å². The standard InChI is InChI=1S/C14H10FIN4/c15-8-5-6-10(9(16)7-8)19-14-13(17)18-11-3-1-2-4-12(11)20-14/h1-7H,(H2,17,18)(H,19,20). The van der Waals surface area contributed by atoms with E-state index < -0.39 is 0 Å². The normalized spacial score (nSPS) is 10.7. The van der Waals surface area contributed by atoms with E-state index in [4.69, 9.17) is 5.73 Å². The van der Waals surface area contributed by atoms with Crippen LogP contribution in [0.15, 0.2) is 42.5 Å². The highest BCUT2D eigenvalue weighted by Crippen LogP contribution is 2.26. The SMILES string of the molecule is Nc1nc2ccccc2nc1Nc1ccc(F)cc1I. The summed E-state index contributed by atoms with van der Waals surface area (Å²) in [6.07, 6.45) is 0. The van der Waals surface area contributed by atoms with Gasteiger partial charge in [0.15, 0.2) is 11.6 Å². The number of nitrogens with zero attached hydrogens (tertiary/aromatic N) is 2. The summed E-state index contributed by atoms with van der Waals surface area (Å²) in [4.78, 5) is 8.73. The van der Waals surface area contributed by atoms with Gasteiger partial charge in [0, 0.05) is 3.57 Å². The fraction of sp³-hybridized carbons (Fsp3) is 0. The second kappa shape index (κ2) is 5.20. The summed E-state index contributed by atoms with van der Waals surface area (Å²) in [7, 11) is 0. The number of halogens is 2. The van der Waals surface area contributed by atoms with Crippen LogP contribution in [0.5, 0.6) is 0 Å². The monoisotopic (exact) mass is 380 g/mol. The van der Waals surface area contributed by atoms with Gasteiger partial charge in [-0.1, -0.05) is 12.1 Å². The van der Waals surface area contributed by atoms with E-state index in [-0.39, 0.29) is 5.82 Å². The van der Waals surface area contributed by atoms with E-state index in [1.807, 2.05) is 24.3 Å². The molecule has 100 valence electrons. The molecule has 0 aliphatic carbocycles. The lowest BCUT2D eigenvalue weighted by molar-refractivity contribution is 0.627. The topological polar surface area (TPSA) is 63.8 Å². The fourth-order valence-electron chi connectivity index (χ4n) is 1.82. The summed E-state index contributed by atoms with van der Waals surface area (Å²) >= 11 is 2.05. The molecular formula is C14H10FIN4. The van der Waals surface area contributed by atoms with Crippen LogP contribution < -0.4 is 11.1 Å². The first-order chi connectivity index (χ1) is 9.63. The average Bonchev–Trinajstić information content (AvgIpc) is 2.42. The maximum atomic E-state index is 13.1. The van der Waals surface area contributed by atoms with Gasteiger partial charge >= 0.3 is 0 Å². The average molecular weight is 380 g/mol. The molecule has 1 heterocycles. The molecule has 0 spiro atoms. The molecule has 0 atom stereocenters. The van der Waals surface area contributed by atoms with Crippen molar-refractivity contribution in [3.63, 3.8) is 0 Å². The van der Waals surface area contributed by atoms with Gasteiger partial charge in [-0.25, -0.2) is 14.4 Å². The Kier molecular flexibility index (Phi) is 3.39. The molecule has 0 fully saturated rings. The van der Waals surface area contributed by atoms with Crippen molar-refractivity contribution < 1.29 is 4.39 Å². The molecule has 0 bridgehead atoms. The number of nitrogens with two attached hydrogens (primary N) is 1. The molecule has 2 aromatic carbocycles. The molecular weight excluding hydrogens is 370 g/mol. The predicted molar refractivity (Wildman–Crippen MR) is 86.4 cm³/mol. The second-order valence-electron chi connectivity index (χ2n) is 4.20. The van der Waals surface area contributed by atoms with Gasteiger partial charge in [-0.3, -0.25) is 0 Å². The zero-order chi connectivity index (χ0) is 14.1. The first-order valence-electron chi connectivity index (χ1n) is 5.88. The molecule has 6 heteroatoms. The zero-order valence-electron chi connectivity index (χ0n) is 10.3. The number of benzene rings is 2. The molecule has 3 rings (SSSR count). The fourth-order valence-corrected chi connectivity index (χ4v) is 2.44. The van der Waals surface area contributed by atoms with Crippen molar-refractivity contribution in [3.8, 4) is 0 Å². The van der Waals surface area contributed by atoms with E-state index in [1.54, 1.807) is 6.07 Å². The van der Waals surface area contributed by atoms with Crippen molar-refractivity contribution in [2.24, 2.45) is 0 Å². The molecule has 1 aromatic heterocycles. The first-order valence-corrected chi connectivity index (χ1v) is 6.96. The van der Waals surface area contributed by atoms with E-state index in [0.717, 1.165) is 20.3 Å². The van der Waals surface area contributed by atoms with Crippen molar-refractivity contribution in [1.29, 1.82) is 0 Å². The van der Waals surface area contributed by atoms with Crippen LogP contribution in [-0.4, -0.2) is 9.97 Å². The first kappa shape index (κ1) is 13.0. The Hall–Kier alpha value is -1.96. The maximum absolute atomic E-state index is 13.1. The third-order valence-corrected chi connectivity index (χ3v) is 3.67. The largest absolute Gasteiger partial charge is 0.381 e. The number of aromatic nitrogens is 2.